The zero-order valence-electron chi connectivity index (χ0n) is 38.5. The summed E-state index contributed by atoms with van der Waals surface area (Å²) in [5.74, 6) is 6.55. The number of nitrogens with zero attached hydrogens (tertiary/aromatic N) is 4. The molecule has 4 saturated heterocycles. The summed E-state index contributed by atoms with van der Waals surface area (Å²) in [5, 5.41) is 13.1. The molecule has 3 aromatic rings. The summed E-state index contributed by atoms with van der Waals surface area (Å²) in [7, 11) is -0.637. The van der Waals surface area contributed by atoms with Crippen molar-refractivity contribution in [2.75, 3.05) is 60.8 Å². The molecule has 0 spiro atoms. The molecule has 2 unspecified atom stereocenters. The number of carbonyl (C=O) groups is 4. The molecule has 4 amide bonds. The van der Waals surface area contributed by atoms with Gasteiger partial charge in [-0.05, 0) is 59.9 Å². The van der Waals surface area contributed by atoms with E-state index in [1.54, 1.807) is 28.1 Å². The van der Waals surface area contributed by atoms with Crippen molar-refractivity contribution in [1.29, 1.82) is 0 Å². The Hall–Kier alpha value is -6.83. The standard InChI is InChI=1S/C36H44N8O8.C8H8O3S.C2H4.CH4O/c1-49-33(47)41-35(14-19-51-22-35)31(45)43-17-5-8-27(43)29(37)38-16-4-3-7-24-10-12-25(13-11-24)26-21-39-30(40-26)28-9-6-18-44(28)32(46)36(15-20-52-23-36)42-34(48)50-2;1-6-4-3-5-8(7(6)2)12(9,10)11;2*1-2/h4,10-13,16,21,27-28H,5-6,8-9,14-15,17-20,22-23H2,1-2H3,(H2,37,38)(H,39,40)(H,41,47)(H,42,48);3-5H,1-2H2,(H,9,10,11);1-2H2;2H,1H3/b16-4+;;;/t27-,28-,35?,36?;;;/m0.../s1. The number of imidazole rings is 1. The number of methoxy groups -OCH3 is 2. The minimum atomic E-state index is -4.16. The van der Waals surface area contributed by atoms with Crippen LogP contribution in [0.4, 0.5) is 9.59 Å². The number of aliphatic hydroxyl groups excluding tert-OH is 1. The van der Waals surface area contributed by atoms with Crippen LogP contribution in [0, 0.1) is 11.8 Å². The number of nitrogens with two attached hydrogens (primary N) is 1. The van der Waals surface area contributed by atoms with E-state index in [9.17, 15) is 27.6 Å². The number of rotatable bonds is 9. The first-order valence-corrected chi connectivity index (χ1v) is 22.9. The molecule has 68 heavy (non-hydrogen) atoms. The fourth-order valence-corrected chi connectivity index (χ4v) is 8.73. The van der Waals surface area contributed by atoms with E-state index in [1.807, 2.05) is 24.3 Å². The van der Waals surface area contributed by atoms with Crippen molar-refractivity contribution in [3.05, 3.63) is 95.9 Å². The average Bonchev–Trinajstić information content (AvgIpc) is 4.22. The van der Waals surface area contributed by atoms with Crippen LogP contribution in [0.15, 0.2) is 84.0 Å². The quantitative estimate of drug-likeness (QED) is 0.0590. The van der Waals surface area contributed by atoms with Crippen LogP contribution >= 0.6 is 0 Å². The molecule has 5 heterocycles. The van der Waals surface area contributed by atoms with Crippen LogP contribution in [0.3, 0.4) is 0 Å². The fraction of sp³-hybridized carbons (Fsp3) is 0.404. The molecule has 4 aliphatic rings. The molecule has 0 saturated carbocycles. The number of amides is 4. The highest BCUT2D eigenvalue weighted by atomic mass is 32.2. The van der Waals surface area contributed by atoms with E-state index >= 15 is 0 Å². The highest BCUT2D eigenvalue weighted by molar-refractivity contribution is 7.85. The second-order valence-corrected chi connectivity index (χ2v) is 17.0. The average molecular weight is 961 g/mol. The summed E-state index contributed by atoms with van der Waals surface area (Å²) in [6, 6.07) is 11.4. The second kappa shape index (κ2) is 24.8. The summed E-state index contributed by atoms with van der Waals surface area (Å²) in [6.07, 6.45) is 7.17. The Kier molecular flexibility index (Phi) is 19.6. The molecular weight excluding hydrogens is 901 g/mol. The van der Waals surface area contributed by atoms with Crippen LogP contribution in [0.5, 0.6) is 0 Å². The number of aromatic amines is 1. The molecule has 21 heteroatoms. The molecule has 7 N–H and O–H groups in total. The number of amidine groups is 1. The van der Waals surface area contributed by atoms with Gasteiger partial charge in [0, 0.05) is 64.1 Å². The number of aromatic nitrogens is 2. The lowest BCUT2D eigenvalue weighted by Gasteiger charge is -2.34. The van der Waals surface area contributed by atoms with Crippen molar-refractivity contribution in [3.63, 3.8) is 0 Å². The van der Waals surface area contributed by atoms with E-state index < -0.39 is 39.4 Å². The minimum Gasteiger partial charge on any atom is -0.453 e. The lowest BCUT2D eigenvalue weighted by Crippen LogP contribution is -2.62. The maximum Gasteiger partial charge on any atom is 0.407 e. The molecule has 20 nitrogen and oxygen atoms in total. The minimum absolute atomic E-state index is 0.0674. The van der Waals surface area contributed by atoms with Gasteiger partial charge in [0.05, 0.1) is 51.4 Å². The Morgan fingerprint density at radius 1 is 0.926 bits per heavy atom. The Bertz CT molecular complexity index is 2580. The van der Waals surface area contributed by atoms with E-state index in [4.69, 9.17) is 34.3 Å². The third kappa shape index (κ3) is 13.0. The molecule has 0 bridgehead atoms. The molecule has 0 aliphatic carbocycles. The topological polar surface area (TPSA) is 277 Å². The number of H-pyrrole nitrogens is 1. The number of hydrogen-bond donors (Lipinski definition) is 6. The normalized spacial score (nSPS) is 22.0. The maximum absolute atomic E-state index is 13.7. The van der Waals surface area contributed by atoms with Gasteiger partial charge in [-0.25, -0.2) is 19.6 Å². The molecule has 4 aliphatic heterocycles. The van der Waals surface area contributed by atoms with Crippen LogP contribution in [-0.4, -0.2) is 146 Å². The Morgan fingerprint density at radius 2 is 1.50 bits per heavy atom. The van der Waals surface area contributed by atoms with Gasteiger partial charge < -0.3 is 55.2 Å². The van der Waals surface area contributed by atoms with Gasteiger partial charge in [0.2, 0.25) is 0 Å². The third-order valence-electron chi connectivity index (χ3n) is 11.5. The highest BCUT2D eigenvalue weighted by Crippen LogP contribution is 2.35. The molecular formula is C47H60N8O12S. The van der Waals surface area contributed by atoms with Gasteiger partial charge in [-0.1, -0.05) is 49.3 Å². The smallest absolute Gasteiger partial charge is 0.407 e. The van der Waals surface area contributed by atoms with Gasteiger partial charge >= 0.3 is 12.2 Å². The predicted octanol–water partition coefficient (Wildman–Crippen LogP) is 2.15. The van der Waals surface area contributed by atoms with E-state index in [0.29, 0.717) is 56.6 Å². The first-order chi connectivity index (χ1) is 32.6. The first-order valence-electron chi connectivity index (χ1n) is 21.5. The largest absolute Gasteiger partial charge is 0.453 e. The van der Waals surface area contributed by atoms with Crippen molar-refractivity contribution in [2.24, 2.45) is 10.7 Å². The number of hydrogen-bond acceptors (Lipinski definition) is 13. The van der Waals surface area contributed by atoms with E-state index in [2.05, 4.69) is 63.8 Å². The SMILES string of the molecule is C=C.C=c1cccc(S(=O)(=O)O)c1=C.CO.COC(=O)NC1(C(=O)N2CCC[C@H]2C(N)=N/C=C/C#Cc2ccc(-c3cnc([C@@H]4CCCN4C(=O)C4(NC(=O)OC)CCOC4)[nH]3)cc2)CCOC1. The number of benzene rings is 2. The number of carbonyl (C=O) groups excluding carboxylic acids is 4. The van der Waals surface area contributed by atoms with E-state index in [0.717, 1.165) is 43.2 Å². The number of likely N-dealkylation sites (tertiary alicyclic amines) is 2. The molecule has 4 atom stereocenters. The van der Waals surface area contributed by atoms with Gasteiger partial charge in [0.1, 0.15) is 27.6 Å². The second-order valence-electron chi connectivity index (χ2n) is 15.6. The van der Waals surface area contributed by atoms with Gasteiger partial charge in [-0.15, -0.1) is 13.2 Å². The van der Waals surface area contributed by atoms with Gasteiger partial charge in [-0.3, -0.25) is 14.1 Å². The van der Waals surface area contributed by atoms with Crippen LogP contribution < -0.4 is 26.8 Å². The lowest BCUT2D eigenvalue weighted by atomic mass is 9.96. The number of aliphatic hydroxyl groups is 1. The molecule has 1 aromatic heterocycles. The zero-order valence-corrected chi connectivity index (χ0v) is 39.3. The van der Waals surface area contributed by atoms with Gasteiger partial charge in [0.15, 0.2) is 0 Å². The van der Waals surface area contributed by atoms with Crippen molar-refractivity contribution >= 4 is 53.1 Å². The van der Waals surface area contributed by atoms with Gasteiger partial charge in [0.25, 0.3) is 21.9 Å². The number of ether oxygens (including phenoxy) is 4. The maximum atomic E-state index is 13.7. The first kappa shape index (κ1) is 53.8. The molecule has 0 radical (unpaired) electrons. The molecule has 4 fully saturated rings. The Balaban J connectivity index is 0.000000541. The number of allylic oxidation sites excluding steroid dienone is 1. The third-order valence-corrected chi connectivity index (χ3v) is 12.4. The van der Waals surface area contributed by atoms with Gasteiger partial charge in [-0.2, -0.15) is 8.42 Å². The Labute approximate surface area is 395 Å². The van der Waals surface area contributed by atoms with Crippen molar-refractivity contribution in [3.8, 4) is 23.1 Å². The van der Waals surface area contributed by atoms with Crippen molar-refractivity contribution in [2.45, 2.75) is 66.6 Å². The summed E-state index contributed by atoms with van der Waals surface area (Å²) in [6.45, 7) is 15.0. The van der Waals surface area contributed by atoms with Crippen LogP contribution in [0.25, 0.3) is 24.4 Å². The Morgan fingerprint density at radius 3 is 2.04 bits per heavy atom. The summed E-state index contributed by atoms with van der Waals surface area (Å²) < 4.78 is 50.6. The van der Waals surface area contributed by atoms with Crippen LogP contribution in [-0.2, 0) is 38.7 Å². The summed E-state index contributed by atoms with van der Waals surface area (Å²) >= 11 is 0. The van der Waals surface area contributed by atoms with Crippen LogP contribution in [0.2, 0.25) is 0 Å². The highest BCUT2D eigenvalue weighted by Gasteiger charge is 2.50. The number of alkyl carbamates (subject to hydrolysis) is 2. The summed E-state index contributed by atoms with van der Waals surface area (Å²) in [4.78, 5) is 66.9. The van der Waals surface area contributed by atoms with Crippen molar-refractivity contribution in [1.82, 2.24) is 30.4 Å². The number of aliphatic imine (C=N–C) groups is 1. The summed E-state index contributed by atoms with van der Waals surface area (Å²) in [5.41, 5.74) is 6.47. The molecule has 2 aromatic carbocycles. The van der Waals surface area contributed by atoms with Crippen LogP contribution in [0.1, 0.15) is 56.0 Å². The molecule has 366 valence electrons. The predicted molar refractivity (Wildman–Crippen MR) is 253 cm³/mol. The monoisotopic (exact) mass is 960 g/mol. The lowest BCUT2D eigenvalue weighted by molar-refractivity contribution is -0.139. The number of nitrogens with one attached hydrogen (secondary N) is 3. The van der Waals surface area contributed by atoms with Crippen molar-refractivity contribution < 1.29 is 56.2 Å². The molecule has 7 rings (SSSR count). The van der Waals surface area contributed by atoms with E-state index in [-0.39, 0.29) is 47.0 Å². The van der Waals surface area contributed by atoms with E-state index in [1.165, 1.54) is 32.6 Å². The fourth-order valence-electron chi connectivity index (χ4n) is 8.04. The zero-order chi connectivity index (χ0) is 50.1.